The topological polar surface area (TPSA) is 53.8 Å². The van der Waals surface area contributed by atoms with Gasteiger partial charge >= 0.3 is 0 Å². The molecule has 84 valence electrons. The maximum absolute atomic E-state index is 12.9. The van der Waals surface area contributed by atoms with Gasteiger partial charge in [-0.3, -0.25) is 0 Å². The molecule has 0 fully saturated rings. The zero-order valence-electron chi connectivity index (χ0n) is 8.83. The Morgan fingerprint density at radius 2 is 2.19 bits per heavy atom. The van der Waals surface area contributed by atoms with E-state index in [1.165, 1.54) is 12.1 Å². The molecule has 0 atom stereocenters. The molecule has 0 unspecified atom stereocenters. The van der Waals surface area contributed by atoms with Crippen LogP contribution in [0.3, 0.4) is 0 Å². The van der Waals surface area contributed by atoms with Crippen molar-refractivity contribution < 1.29 is 4.39 Å². The smallest absolute Gasteiger partial charge is 0.125 e. The minimum absolute atomic E-state index is 0.281. The van der Waals surface area contributed by atoms with Crippen LogP contribution in [0.5, 0.6) is 0 Å². The Hall–Kier alpha value is -1.97. The number of nitrogen functional groups attached to an aromatic ring is 1. The number of aromatic amines is 1. The van der Waals surface area contributed by atoms with Crippen molar-refractivity contribution in [3.63, 3.8) is 0 Å². The van der Waals surface area contributed by atoms with Gasteiger partial charge in [0.25, 0.3) is 0 Å². The molecule has 0 saturated carbocycles. The molecule has 0 aliphatic carbocycles. The molecule has 0 saturated heterocycles. The lowest BCUT2D eigenvalue weighted by molar-refractivity contribution is 0.628. The van der Waals surface area contributed by atoms with E-state index >= 15 is 0 Å². The molecule has 0 radical (unpaired) electrons. The van der Waals surface area contributed by atoms with Crippen molar-refractivity contribution in [1.29, 1.82) is 0 Å². The highest BCUT2D eigenvalue weighted by molar-refractivity contribution is 5.65. The van der Waals surface area contributed by atoms with Crippen molar-refractivity contribution >= 4 is 11.4 Å². The number of halogens is 1. The predicted octanol–water partition coefficient (Wildman–Crippen LogP) is 2.39. The van der Waals surface area contributed by atoms with Crippen LogP contribution < -0.4 is 11.1 Å². The van der Waals surface area contributed by atoms with Gasteiger partial charge in [-0.2, -0.15) is 0 Å². The van der Waals surface area contributed by atoms with Gasteiger partial charge in [0.15, 0.2) is 0 Å². The van der Waals surface area contributed by atoms with Crippen LogP contribution in [0.2, 0.25) is 0 Å². The number of anilines is 2. The Labute approximate surface area is 93.5 Å². The molecule has 2 rings (SSSR count). The molecule has 2 aromatic rings. The fourth-order valence-electron chi connectivity index (χ4n) is 1.54. The third kappa shape index (κ3) is 2.53. The average Bonchev–Trinajstić information content (AvgIpc) is 2.76. The molecule has 3 nitrogen and oxygen atoms in total. The Balaban J connectivity index is 1.92. The first kappa shape index (κ1) is 10.5. The summed E-state index contributed by atoms with van der Waals surface area (Å²) >= 11 is 0. The van der Waals surface area contributed by atoms with Gasteiger partial charge in [-0.1, -0.05) is 0 Å². The summed E-state index contributed by atoms with van der Waals surface area (Å²) < 4.78 is 12.9. The van der Waals surface area contributed by atoms with E-state index in [9.17, 15) is 4.39 Å². The normalized spacial score (nSPS) is 10.3. The molecule has 0 spiro atoms. The molecule has 4 N–H and O–H groups in total. The second-order valence-electron chi connectivity index (χ2n) is 3.60. The lowest BCUT2D eigenvalue weighted by Gasteiger charge is -2.08. The predicted molar refractivity (Wildman–Crippen MR) is 63.8 cm³/mol. The highest BCUT2D eigenvalue weighted by Gasteiger charge is 2.00. The number of hydrogen-bond donors (Lipinski definition) is 3. The lowest BCUT2D eigenvalue weighted by Crippen LogP contribution is -2.07. The first-order valence-electron chi connectivity index (χ1n) is 5.17. The summed E-state index contributed by atoms with van der Waals surface area (Å²) in [6.07, 6.45) is 2.73. The number of hydrogen-bond acceptors (Lipinski definition) is 2. The fraction of sp³-hybridized carbons (Fsp3) is 0.167. The van der Waals surface area contributed by atoms with E-state index in [1.807, 2.05) is 18.3 Å². The summed E-state index contributed by atoms with van der Waals surface area (Å²) in [5.41, 5.74) is 8.06. The SMILES string of the molecule is Nc1ccc(F)cc1NCCc1ccc[nH]1. The molecule has 16 heavy (non-hydrogen) atoms. The van der Waals surface area contributed by atoms with E-state index in [1.54, 1.807) is 6.07 Å². The molecule has 0 aliphatic rings. The van der Waals surface area contributed by atoms with Crippen molar-refractivity contribution in [2.45, 2.75) is 6.42 Å². The number of rotatable bonds is 4. The third-order valence-corrected chi connectivity index (χ3v) is 2.39. The van der Waals surface area contributed by atoms with Gasteiger partial charge in [-0.25, -0.2) is 4.39 Å². The van der Waals surface area contributed by atoms with Crippen LogP contribution >= 0.6 is 0 Å². The Bertz CT molecular complexity index is 451. The number of benzene rings is 1. The van der Waals surface area contributed by atoms with Crippen molar-refractivity contribution in [2.75, 3.05) is 17.6 Å². The first-order chi connectivity index (χ1) is 7.75. The Morgan fingerprint density at radius 3 is 2.94 bits per heavy atom. The highest BCUT2D eigenvalue weighted by atomic mass is 19.1. The van der Waals surface area contributed by atoms with Crippen molar-refractivity contribution in [3.05, 3.63) is 48.0 Å². The summed E-state index contributed by atoms with van der Waals surface area (Å²) in [4.78, 5) is 3.10. The second kappa shape index (κ2) is 4.70. The Morgan fingerprint density at radius 1 is 1.31 bits per heavy atom. The number of nitrogens with one attached hydrogen (secondary N) is 2. The number of aromatic nitrogens is 1. The minimum atomic E-state index is -0.281. The van der Waals surface area contributed by atoms with Crippen LogP contribution in [-0.2, 0) is 6.42 Å². The Kier molecular flexibility index (Phi) is 3.10. The maximum atomic E-state index is 12.9. The summed E-state index contributed by atoms with van der Waals surface area (Å²) in [5, 5.41) is 3.11. The van der Waals surface area contributed by atoms with Crippen molar-refractivity contribution in [2.24, 2.45) is 0 Å². The van der Waals surface area contributed by atoms with E-state index in [4.69, 9.17) is 5.73 Å². The van der Waals surface area contributed by atoms with Gasteiger partial charge in [0.1, 0.15) is 5.82 Å². The zero-order valence-corrected chi connectivity index (χ0v) is 8.83. The third-order valence-electron chi connectivity index (χ3n) is 2.39. The van der Waals surface area contributed by atoms with Crippen LogP contribution in [0, 0.1) is 5.82 Å². The highest BCUT2D eigenvalue weighted by Crippen LogP contribution is 2.18. The molecule has 1 aromatic heterocycles. The molecule has 1 heterocycles. The fourth-order valence-corrected chi connectivity index (χ4v) is 1.54. The average molecular weight is 219 g/mol. The van der Waals surface area contributed by atoms with Crippen molar-refractivity contribution in [3.8, 4) is 0 Å². The van der Waals surface area contributed by atoms with Gasteiger partial charge in [-0.15, -0.1) is 0 Å². The molecule has 0 bridgehead atoms. The number of H-pyrrole nitrogens is 1. The van der Waals surface area contributed by atoms with E-state index < -0.39 is 0 Å². The molecular formula is C12H14FN3. The monoisotopic (exact) mass is 219 g/mol. The van der Waals surface area contributed by atoms with Gasteiger partial charge < -0.3 is 16.0 Å². The van der Waals surface area contributed by atoms with Crippen LogP contribution in [-0.4, -0.2) is 11.5 Å². The van der Waals surface area contributed by atoms with Crippen molar-refractivity contribution in [1.82, 2.24) is 4.98 Å². The van der Waals surface area contributed by atoms with Crippen LogP contribution in [0.1, 0.15) is 5.69 Å². The number of nitrogens with two attached hydrogens (primary N) is 1. The summed E-state index contributed by atoms with van der Waals surface area (Å²) in [5.74, 6) is -0.281. The molecular weight excluding hydrogens is 205 g/mol. The van der Waals surface area contributed by atoms with Gasteiger partial charge in [-0.05, 0) is 30.3 Å². The van der Waals surface area contributed by atoms with Crippen LogP contribution in [0.25, 0.3) is 0 Å². The molecule has 0 amide bonds. The van der Waals surface area contributed by atoms with E-state index in [0.717, 1.165) is 12.1 Å². The molecule has 4 heteroatoms. The van der Waals surface area contributed by atoms with E-state index in [-0.39, 0.29) is 5.82 Å². The summed E-state index contributed by atoms with van der Waals surface area (Å²) in [6.45, 7) is 0.716. The first-order valence-corrected chi connectivity index (χ1v) is 5.17. The van der Waals surface area contributed by atoms with E-state index in [2.05, 4.69) is 10.3 Å². The molecule has 0 aliphatic heterocycles. The maximum Gasteiger partial charge on any atom is 0.125 e. The largest absolute Gasteiger partial charge is 0.397 e. The quantitative estimate of drug-likeness (QED) is 0.691. The zero-order chi connectivity index (χ0) is 11.4. The summed E-state index contributed by atoms with van der Waals surface area (Å²) in [6, 6.07) is 8.28. The molecule has 1 aromatic carbocycles. The lowest BCUT2D eigenvalue weighted by atomic mass is 10.2. The summed E-state index contributed by atoms with van der Waals surface area (Å²) in [7, 11) is 0. The van der Waals surface area contributed by atoms with Crippen LogP contribution in [0.15, 0.2) is 36.5 Å². The second-order valence-corrected chi connectivity index (χ2v) is 3.60. The minimum Gasteiger partial charge on any atom is -0.397 e. The van der Waals surface area contributed by atoms with Gasteiger partial charge in [0, 0.05) is 24.9 Å². The van der Waals surface area contributed by atoms with Gasteiger partial charge in [0.05, 0.1) is 11.4 Å². The van der Waals surface area contributed by atoms with E-state index in [0.29, 0.717) is 17.9 Å². The van der Waals surface area contributed by atoms with Gasteiger partial charge in [0.2, 0.25) is 0 Å². The van der Waals surface area contributed by atoms with Crippen LogP contribution in [0.4, 0.5) is 15.8 Å². The standard InChI is InChI=1S/C12H14FN3/c13-9-3-4-11(14)12(8-9)16-7-5-10-2-1-6-15-10/h1-4,6,8,15-16H,5,7,14H2.